The fraction of sp³-hybridized carbons (Fsp3) is 0.208. The number of anilines is 1. The summed E-state index contributed by atoms with van der Waals surface area (Å²) >= 11 is 0. The molecule has 0 N–H and O–H groups in total. The Balaban J connectivity index is 1.31. The number of hydrogen-bond acceptors (Lipinski definition) is 3. The van der Waals surface area contributed by atoms with Crippen LogP contribution in [0, 0.1) is 0 Å². The molecule has 3 aromatic carbocycles. The van der Waals surface area contributed by atoms with Crippen LogP contribution in [-0.2, 0) is 6.61 Å². The molecule has 0 spiro atoms. The molecule has 0 bridgehead atoms. The maximum absolute atomic E-state index is 12.8. The molecule has 4 heteroatoms. The van der Waals surface area contributed by atoms with E-state index >= 15 is 0 Å². The van der Waals surface area contributed by atoms with Crippen LogP contribution >= 0.6 is 0 Å². The summed E-state index contributed by atoms with van der Waals surface area (Å²) in [7, 11) is 0. The molecule has 0 aromatic heterocycles. The standard InChI is InChI=1S/C24H24N2O2/c27-24(26-17-15-25(16-18-26)22-7-3-1-4-8-22)21-13-11-20(12-14-21)19-28-23-9-5-2-6-10-23/h1-14H,15-19H2. The summed E-state index contributed by atoms with van der Waals surface area (Å²) in [6, 6.07) is 27.8. The van der Waals surface area contributed by atoms with Crippen LogP contribution in [0.3, 0.4) is 0 Å². The van der Waals surface area contributed by atoms with Gasteiger partial charge in [-0.3, -0.25) is 4.79 Å². The number of amides is 1. The highest BCUT2D eigenvalue weighted by Gasteiger charge is 2.22. The number of piperazine rings is 1. The van der Waals surface area contributed by atoms with E-state index in [0.29, 0.717) is 6.61 Å². The second-order valence-corrected chi connectivity index (χ2v) is 6.91. The van der Waals surface area contributed by atoms with Gasteiger partial charge in [0.05, 0.1) is 0 Å². The van der Waals surface area contributed by atoms with E-state index in [2.05, 4.69) is 29.2 Å². The average molecular weight is 372 g/mol. The third-order valence-corrected chi connectivity index (χ3v) is 5.04. The van der Waals surface area contributed by atoms with Gasteiger partial charge in [0.15, 0.2) is 0 Å². The van der Waals surface area contributed by atoms with Gasteiger partial charge in [0.2, 0.25) is 0 Å². The number of para-hydroxylation sites is 2. The van der Waals surface area contributed by atoms with Gasteiger partial charge in [0.1, 0.15) is 12.4 Å². The molecule has 1 heterocycles. The van der Waals surface area contributed by atoms with E-state index < -0.39 is 0 Å². The Labute approximate surface area is 166 Å². The fourth-order valence-electron chi connectivity index (χ4n) is 3.42. The molecule has 0 unspecified atom stereocenters. The van der Waals surface area contributed by atoms with E-state index in [9.17, 15) is 4.79 Å². The van der Waals surface area contributed by atoms with Crippen molar-refractivity contribution in [2.45, 2.75) is 6.61 Å². The van der Waals surface area contributed by atoms with Crippen molar-refractivity contribution in [1.29, 1.82) is 0 Å². The summed E-state index contributed by atoms with van der Waals surface area (Å²) in [6.45, 7) is 3.70. The minimum atomic E-state index is 0.100. The highest BCUT2D eigenvalue weighted by Crippen LogP contribution is 2.17. The smallest absolute Gasteiger partial charge is 0.253 e. The third kappa shape index (κ3) is 4.34. The van der Waals surface area contributed by atoms with E-state index in [0.717, 1.165) is 43.1 Å². The molecule has 1 fully saturated rings. The van der Waals surface area contributed by atoms with Gasteiger partial charge in [-0.15, -0.1) is 0 Å². The minimum absolute atomic E-state index is 0.100. The first-order valence-electron chi connectivity index (χ1n) is 9.66. The lowest BCUT2D eigenvalue weighted by Crippen LogP contribution is -2.48. The average Bonchev–Trinajstić information content (AvgIpc) is 2.79. The van der Waals surface area contributed by atoms with Gasteiger partial charge in [-0.1, -0.05) is 48.5 Å². The van der Waals surface area contributed by atoms with Crippen molar-refractivity contribution in [2.24, 2.45) is 0 Å². The van der Waals surface area contributed by atoms with Gasteiger partial charge < -0.3 is 14.5 Å². The maximum Gasteiger partial charge on any atom is 0.253 e. The number of hydrogen-bond donors (Lipinski definition) is 0. The maximum atomic E-state index is 12.8. The van der Waals surface area contributed by atoms with Crippen molar-refractivity contribution in [3.05, 3.63) is 96.1 Å². The lowest BCUT2D eigenvalue weighted by atomic mass is 10.1. The van der Waals surface area contributed by atoms with Crippen LogP contribution in [0.25, 0.3) is 0 Å². The van der Waals surface area contributed by atoms with Gasteiger partial charge in [-0.25, -0.2) is 0 Å². The van der Waals surface area contributed by atoms with Crippen LogP contribution in [0.5, 0.6) is 5.75 Å². The summed E-state index contributed by atoms with van der Waals surface area (Å²) in [6.07, 6.45) is 0. The summed E-state index contributed by atoms with van der Waals surface area (Å²) in [5.41, 5.74) is 3.00. The SMILES string of the molecule is O=C(c1ccc(COc2ccccc2)cc1)N1CCN(c2ccccc2)CC1. The van der Waals surface area contributed by atoms with Crippen molar-refractivity contribution >= 4 is 11.6 Å². The molecule has 4 rings (SSSR count). The van der Waals surface area contributed by atoms with E-state index in [1.165, 1.54) is 5.69 Å². The van der Waals surface area contributed by atoms with E-state index in [1.807, 2.05) is 65.6 Å². The van der Waals surface area contributed by atoms with Crippen molar-refractivity contribution < 1.29 is 9.53 Å². The zero-order chi connectivity index (χ0) is 19.2. The van der Waals surface area contributed by atoms with Crippen LogP contribution in [0.4, 0.5) is 5.69 Å². The normalized spacial score (nSPS) is 14.0. The predicted octanol–water partition coefficient (Wildman–Crippen LogP) is 4.23. The quantitative estimate of drug-likeness (QED) is 0.672. The van der Waals surface area contributed by atoms with E-state index in [-0.39, 0.29) is 5.91 Å². The summed E-state index contributed by atoms with van der Waals surface area (Å²) in [5, 5.41) is 0. The number of rotatable bonds is 5. The Morgan fingerprint density at radius 1 is 0.750 bits per heavy atom. The van der Waals surface area contributed by atoms with Gasteiger partial charge in [-0.05, 0) is 42.0 Å². The molecule has 0 saturated carbocycles. The van der Waals surface area contributed by atoms with E-state index in [1.54, 1.807) is 0 Å². The van der Waals surface area contributed by atoms with E-state index in [4.69, 9.17) is 4.74 Å². The van der Waals surface area contributed by atoms with Crippen LogP contribution < -0.4 is 9.64 Å². The Morgan fingerprint density at radius 3 is 2.00 bits per heavy atom. The third-order valence-electron chi connectivity index (χ3n) is 5.04. The second-order valence-electron chi connectivity index (χ2n) is 6.91. The summed E-state index contributed by atoms with van der Waals surface area (Å²) in [4.78, 5) is 17.1. The highest BCUT2D eigenvalue weighted by atomic mass is 16.5. The number of nitrogens with zero attached hydrogens (tertiary/aromatic N) is 2. The molecular formula is C24H24N2O2. The fourth-order valence-corrected chi connectivity index (χ4v) is 3.42. The monoisotopic (exact) mass is 372 g/mol. The molecule has 0 aliphatic carbocycles. The lowest BCUT2D eigenvalue weighted by Gasteiger charge is -2.36. The Kier molecular flexibility index (Phi) is 5.57. The summed E-state index contributed by atoms with van der Waals surface area (Å²) < 4.78 is 5.76. The Hall–Kier alpha value is -3.27. The highest BCUT2D eigenvalue weighted by molar-refractivity contribution is 5.94. The molecule has 0 radical (unpaired) electrons. The van der Waals surface area contributed by atoms with Gasteiger partial charge in [0, 0.05) is 37.4 Å². The first-order chi connectivity index (χ1) is 13.8. The number of ether oxygens (including phenoxy) is 1. The molecule has 28 heavy (non-hydrogen) atoms. The molecule has 4 nitrogen and oxygen atoms in total. The first kappa shape index (κ1) is 18.1. The van der Waals surface area contributed by atoms with Crippen molar-refractivity contribution in [3.8, 4) is 5.75 Å². The number of carbonyl (C=O) groups is 1. The van der Waals surface area contributed by atoms with Crippen LogP contribution in [0.2, 0.25) is 0 Å². The minimum Gasteiger partial charge on any atom is -0.489 e. The number of benzene rings is 3. The van der Waals surface area contributed by atoms with Crippen LogP contribution in [0.1, 0.15) is 15.9 Å². The van der Waals surface area contributed by atoms with Gasteiger partial charge >= 0.3 is 0 Å². The molecule has 0 atom stereocenters. The molecular weight excluding hydrogens is 348 g/mol. The lowest BCUT2D eigenvalue weighted by molar-refractivity contribution is 0.0746. The zero-order valence-electron chi connectivity index (χ0n) is 15.8. The largest absolute Gasteiger partial charge is 0.489 e. The first-order valence-corrected chi connectivity index (χ1v) is 9.66. The molecule has 1 aliphatic rings. The topological polar surface area (TPSA) is 32.8 Å². The van der Waals surface area contributed by atoms with Gasteiger partial charge in [-0.2, -0.15) is 0 Å². The van der Waals surface area contributed by atoms with Crippen molar-refractivity contribution in [3.63, 3.8) is 0 Å². The molecule has 3 aromatic rings. The zero-order valence-corrected chi connectivity index (χ0v) is 15.8. The molecule has 1 saturated heterocycles. The Morgan fingerprint density at radius 2 is 1.36 bits per heavy atom. The Bertz CT molecular complexity index is 887. The van der Waals surface area contributed by atoms with Crippen LogP contribution in [0.15, 0.2) is 84.9 Å². The number of carbonyl (C=O) groups excluding carboxylic acids is 1. The van der Waals surface area contributed by atoms with Crippen molar-refractivity contribution in [2.75, 3.05) is 31.1 Å². The predicted molar refractivity (Wildman–Crippen MR) is 112 cm³/mol. The van der Waals surface area contributed by atoms with Crippen LogP contribution in [-0.4, -0.2) is 37.0 Å². The van der Waals surface area contributed by atoms with Crippen molar-refractivity contribution in [1.82, 2.24) is 4.90 Å². The molecule has 1 amide bonds. The molecule has 1 aliphatic heterocycles. The second kappa shape index (κ2) is 8.61. The van der Waals surface area contributed by atoms with Gasteiger partial charge in [0.25, 0.3) is 5.91 Å². The molecule has 142 valence electrons. The summed E-state index contributed by atoms with van der Waals surface area (Å²) in [5.74, 6) is 0.946.